The van der Waals surface area contributed by atoms with Gasteiger partial charge in [0, 0.05) is 24.3 Å². The van der Waals surface area contributed by atoms with Gasteiger partial charge in [-0.05, 0) is 19.8 Å². The molecule has 4 nitrogen and oxygen atoms in total. The standard InChI is InChI=1S/C10H19N3OS/c1-7-5-12-9(15-6-7)13-10(2,3)4-8(11)14/h7H,4-6H2,1-3H3,(H2,11,14)(H,12,13). The van der Waals surface area contributed by atoms with Crippen LogP contribution in [0.5, 0.6) is 0 Å². The zero-order chi connectivity index (χ0) is 11.5. The second-order valence-corrected chi connectivity index (χ2v) is 5.72. The van der Waals surface area contributed by atoms with Crippen LogP contribution in [-0.4, -0.2) is 28.9 Å². The average molecular weight is 229 g/mol. The van der Waals surface area contributed by atoms with Crippen molar-refractivity contribution in [3.05, 3.63) is 0 Å². The van der Waals surface area contributed by atoms with Gasteiger partial charge in [-0.3, -0.25) is 9.79 Å². The van der Waals surface area contributed by atoms with Crippen molar-refractivity contribution in [1.82, 2.24) is 5.32 Å². The summed E-state index contributed by atoms with van der Waals surface area (Å²) < 4.78 is 0. The highest BCUT2D eigenvalue weighted by Gasteiger charge is 2.23. The molecule has 0 aromatic carbocycles. The molecule has 1 rings (SSSR count). The third kappa shape index (κ3) is 4.55. The molecule has 1 atom stereocenters. The Morgan fingerprint density at radius 3 is 2.87 bits per heavy atom. The van der Waals surface area contributed by atoms with Crippen molar-refractivity contribution >= 4 is 22.8 Å². The Morgan fingerprint density at radius 1 is 1.73 bits per heavy atom. The molecule has 0 bridgehead atoms. The Morgan fingerprint density at radius 2 is 2.40 bits per heavy atom. The minimum atomic E-state index is -0.307. The summed E-state index contributed by atoms with van der Waals surface area (Å²) in [5.74, 6) is 1.43. The first kappa shape index (κ1) is 12.4. The molecule has 0 radical (unpaired) electrons. The van der Waals surface area contributed by atoms with Gasteiger partial charge in [-0.2, -0.15) is 0 Å². The molecule has 86 valence electrons. The Kier molecular flexibility index (Phi) is 4.02. The fourth-order valence-electron chi connectivity index (χ4n) is 1.40. The van der Waals surface area contributed by atoms with Gasteiger partial charge in [-0.1, -0.05) is 18.7 Å². The Bertz CT molecular complexity index is 276. The summed E-state index contributed by atoms with van der Waals surface area (Å²) in [5.41, 5.74) is 4.87. The lowest BCUT2D eigenvalue weighted by atomic mass is 10.0. The van der Waals surface area contributed by atoms with Crippen molar-refractivity contribution in [1.29, 1.82) is 0 Å². The van der Waals surface area contributed by atoms with Crippen LogP contribution >= 0.6 is 11.8 Å². The topological polar surface area (TPSA) is 67.5 Å². The molecule has 3 N–H and O–H groups in total. The van der Waals surface area contributed by atoms with Crippen LogP contribution in [0, 0.1) is 5.92 Å². The third-order valence-electron chi connectivity index (χ3n) is 2.11. The van der Waals surface area contributed by atoms with Gasteiger partial charge in [0.05, 0.1) is 0 Å². The predicted molar refractivity (Wildman–Crippen MR) is 65.0 cm³/mol. The molecule has 15 heavy (non-hydrogen) atoms. The van der Waals surface area contributed by atoms with Crippen molar-refractivity contribution in [3.8, 4) is 0 Å². The molecule has 1 heterocycles. The van der Waals surface area contributed by atoms with Gasteiger partial charge in [0.15, 0.2) is 5.17 Å². The van der Waals surface area contributed by atoms with Gasteiger partial charge in [-0.25, -0.2) is 0 Å². The van der Waals surface area contributed by atoms with Gasteiger partial charge in [0.1, 0.15) is 0 Å². The molecular formula is C10H19N3OS. The van der Waals surface area contributed by atoms with Crippen LogP contribution in [0.1, 0.15) is 27.2 Å². The smallest absolute Gasteiger partial charge is 0.219 e. The van der Waals surface area contributed by atoms with Crippen molar-refractivity contribution in [2.75, 3.05) is 12.3 Å². The summed E-state index contributed by atoms with van der Waals surface area (Å²) in [4.78, 5) is 15.3. The van der Waals surface area contributed by atoms with E-state index < -0.39 is 0 Å². The van der Waals surface area contributed by atoms with E-state index in [1.807, 2.05) is 13.8 Å². The highest BCUT2D eigenvalue weighted by molar-refractivity contribution is 8.13. The molecule has 0 saturated carbocycles. The lowest BCUT2D eigenvalue weighted by Gasteiger charge is -2.28. The SMILES string of the molecule is CC1CN=C(NC(C)(C)CC(N)=O)SC1. The van der Waals surface area contributed by atoms with Gasteiger partial charge >= 0.3 is 0 Å². The summed E-state index contributed by atoms with van der Waals surface area (Å²) in [6.07, 6.45) is 0.322. The monoisotopic (exact) mass is 229 g/mol. The maximum absolute atomic E-state index is 10.8. The number of carbonyl (C=O) groups is 1. The third-order valence-corrected chi connectivity index (χ3v) is 3.35. The number of amides is 1. The number of nitrogens with one attached hydrogen (secondary N) is 1. The zero-order valence-electron chi connectivity index (χ0n) is 9.54. The number of aliphatic imine (C=N–C) groups is 1. The van der Waals surface area contributed by atoms with E-state index in [0.29, 0.717) is 12.3 Å². The Balaban J connectivity index is 2.50. The highest BCUT2D eigenvalue weighted by Crippen LogP contribution is 2.18. The summed E-state index contributed by atoms with van der Waals surface area (Å²) in [6.45, 7) is 6.96. The van der Waals surface area contributed by atoms with Crippen LogP contribution in [0.4, 0.5) is 0 Å². The molecule has 0 aromatic heterocycles. The second kappa shape index (κ2) is 4.88. The molecule has 1 unspecified atom stereocenters. The van der Waals surface area contributed by atoms with E-state index in [1.165, 1.54) is 0 Å². The second-order valence-electron chi connectivity index (χ2n) is 4.71. The molecular weight excluding hydrogens is 210 g/mol. The molecule has 0 aromatic rings. The largest absolute Gasteiger partial charge is 0.370 e. The van der Waals surface area contributed by atoms with Crippen LogP contribution < -0.4 is 11.1 Å². The molecule has 0 saturated heterocycles. The average Bonchev–Trinajstić information content (AvgIpc) is 2.06. The summed E-state index contributed by atoms with van der Waals surface area (Å²) in [5, 5.41) is 4.19. The van der Waals surface area contributed by atoms with Crippen LogP contribution in [-0.2, 0) is 4.79 Å². The summed E-state index contributed by atoms with van der Waals surface area (Å²) >= 11 is 1.71. The van der Waals surface area contributed by atoms with E-state index >= 15 is 0 Å². The molecule has 1 aliphatic heterocycles. The molecule has 0 fully saturated rings. The normalized spacial score (nSPS) is 22.1. The number of carbonyl (C=O) groups excluding carboxylic acids is 1. The number of thioether (sulfide) groups is 1. The maximum atomic E-state index is 10.8. The quantitative estimate of drug-likeness (QED) is 0.757. The van der Waals surface area contributed by atoms with Crippen molar-refractivity contribution in [2.45, 2.75) is 32.7 Å². The van der Waals surface area contributed by atoms with E-state index in [4.69, 9.17) is 5.73 Å². The number of amidine groups is 1. The Labute approximate surface area is 95.1 Å². The lowest BCUT2D eigenvalue weighted by molar-refractivity contribution is -0.119. The van der Waals surface area contributed by atoms with E-state index in [2.05, 4.69) is 17.2 Å². The molecule has 1 aliphatic rings. The van der Waals surface area contributed by atoms with Crippen molar-refractivity contribution < 1.29 is 4.79 Å². The molecule has 1 amide bonds. The van der Waals surface area contributed by atoms with E-state index in [9.17, 15) is 4.79 Å². The summed E-state index contributed by atoms with van der Waals surface area (Å²) in [7, 11) is 0. The minimum absolute atomic E-state index is 0.290. The van der Waals surface area contributed by atoms with E-state index in [-0.39, 0.29) is 11.4 Å². The minimum Gasteiger partial charge on any atom is -0.370 e. The number of nitrogens with two attached hydrogens (primary N) is 1. The fourth-order valence-corrected chi connectivity index (χ4v) is 2.47. The van der Waals surface area contributed by atoms with Crippen LogP contribution in [0.3, 0.4) is 0 Å². The van der Waals surface area contributed by atoms with Crippen molar-refractivity contribution in [2.24, 2.45) is 16.6 Å². The molecule has 0 spiro atoms. The lowest BCUT2D eigenvalue weighted by Crippen LogP contribution is -2.46. The van der Waals surface area contributed by atoms with Gasteiger partial charge in [-0.15, -0.1) is 0 Å². The fraction of sp³-hybridized carbons (Fsp3) is 0.800. The summed E-state index contributed by atoms with van der Waals surface area (Å²) in [6, 6.07) is 0. The van der Waals surface area contributed by atoms with E-state index in [0.717, 1.165) is 17.5 Å². The molecule has 5 heteroatoms. The zero-order valence-corrected chi connectivity index (χ0v) is 10.4. The van der Waals surface area contributed by atoms with Crippen LogP contribution in [0.2, 0.25) is 0 Å². The van der Waals surface area contributed by atoms with Gasteiger partial charge < -0.3 is 11.1 Å². The maximum Gasteiger partial charge on any atom is 0.219 e. The van der Waals surface area contributed by atoms with Crippen LogP contribution in [0.15, 0.2) is 4.99 Å². The number of primary amides is 1. The predicted octanol–water partition coefficient (Wildman–Crippen LogP) is 0.969. The molecule has 0 aliphatic carbocycles. The van der Waals surface area contributed by atoms with E-state index in [1.54, 1.807) is 11.8 Å². The first-order valence-corrected chi connectivity index (χ1v) is 6.11. The number of hydrogen-bond donors (Lipinski definition) is 2. The number of rotatable bonds is 3. The first-order chi connectivity index (χ1) is 6.89. The van der Waals surface area contributed by atoms with Gasteiger partial charge in [0.2, 0.25) is 5.91 Å². The number of hydrogen-bond acceptors (Lipinski definition) is 4. The number of nitrogens with zero attached hydrogens (tertiary/aromatic N) is 1. The first-order valence-electron chi connectivity index (χ1n) is 5.13. The highest BCUT2D eigenvalue weighted by atomic mass is 32.2. The van der Waals surface area contributed by atoms with Gasteiger partial charge in [0.25, 0.3) is 0 Å². The Hall–Kier alpha value is -0.710. The van der Waals surface area contributed by atoms with Crippen molar-refractivity contribution in [3.63, 3.8) is 0 Å². The van der Waals surface area contributed by atoms with Crippen LogP contribution in [0.25, 0.3) is 0 Å².